The van der Waals surface area contributed by atoms with Gasteiger partial charge in [0.1, 0.15) is 0 Å². The molecule has 1 unspecified atom stereocenters. The van der Waals surface area contributed by atoms with E-state index >= 15 is 0 Å². The molecule has 106 valence electrons. The summed E-state index contributed by atoms with van der Waals surface area (Å²) < 4.78 is 0. The Kier molecular flexibility index (Phi) is 4.07. The molecule has 0 aliphatic heterocycles. The Balaban J connectivity index is 1.73. The van der Waals surface area contributed by atoms with Crippen LogP contribution in [0.3, 0.4) is 0 Å². The van der Waals surface area contributed by atoms with E-state index in [0.29, 0.717) is 6.04 Å². The molecule has 2 aromatic carbocycles. The van der Waals surface area contributed by atoms with Crippen LogP contribution in [0.4, 0.5) is 5.69 Å². The lowest BCUT2D eigenvalue weighted by Gasteiger charge is -2.14. The Morgan fingerprint density at radius 3 is 2.10 bits per heavy atom. The van der Waals surface area contributed by atoms with Gasteiger partial charge < -0.3 is 5.32 Å². The lowest BCUT2D eigenvalue weighted by Crippen LogP contribution is -2.04. The summed E-state index contributed by atoms with van der Waals surface area (Å²) in [6.07, 6.45) is 0. The summed E-state index contributed by atoms with van der Waals surface area (Å²) in [5.74, 6) is 0. The summed E-state index contributed by atoms with van der Waals surface area (Å²) in [7, 11) is 0. The minimum atomic E-state index is 0.339. The molecular formula is C19H19NS. The molecule has 3 aromatic rings. The first-order valence-electron chi connectivity index (χ1n) is 7.21. The number of rotatable bonds is 4. The van der Waals surface area contributed by atoms with Gasteiger partial charge in [-0.05, 0) is 49.2 Å². The van der Waals surface area contributed by atoms with Crippen molar-refractivity contribution in [2.75, 3.05) is 5.32 Å². The van der Waals surface area contributed by atoms with Crippen LogP contribution >= 0.6 is 11.3 Å². The molecule has 0 bridgehead atoms. The molecule has 1 atom stereocenters. The highest BCUT2D eigenvalue weighted by molar-refractivity contribution is 7.12. The van der Waals surface area contributed by atoms with Gasteiger partial charge in [-0.15, -0.1) is 11.3 Å². The molecule has 0 amide bonds. The van der Waals surface area contributed by atoms with E-state index in [-0.39, 0.29) is 0 Å². The fraction of sp³-hybridized carbons (Fsp3) is 0.158. The number of hydrogen-bond acceptors (Lipinski definition) is 2. The molecule has 0 saturated heterocycles. The van der Waals surface area contributed by atoms with Crippen molar-refractivity contribution in [3.63, 3.8) is 0 Å². The molecule has 21 heavy (non-hydrogen) atoms. The monoisotopic (exact) mass is 293 g/mol. The standard InChI is InChI=1S/C19H19NS/c1-14-8-13-19(21-14)15(2)20-18-11-9-17(10-12-18)16-6-4-3-5-7-16/h3-13,15,20H,1-2H3. The minimum Gasteiger partial charge on any atom is -0.378 e. The van der Waals surface area contributed by atoms with Crippen LogP contribution in [0.15, 0.2) is 66.7 Å². The average Bonchev–Trinajstić information content (AvgIpc) is 2.96. The zero-order valence-corrected chi connectivity index (χ0v) is 13.2. The molecule has 3 rings (SSSR count). The summed E-state index contributed by atoms with van der Waals surface area (Å²) in [5, 5.41) is 3.56. The summed E-state index contributed by atoms with van der Waals surface area (Å²) in [5.41, 5.74) is 3.67. The zero-order chi connectivity index (χ0) is 14.7. The van der Waals surface area contributed by atoms with Gasteiger partial charge in [-0.1, -0.05) is 42.5 Å². The smallest absolute Gasteiger partial charge is 0.0578 e. The van der Waals surface area contributed by atoms with Crippen LogP contribution in [-0.4, -0.2) is 0 Å². The van der Waals surface area contributed by atoms with Gasteiger partial charge in [0.15, 0.2) is 0 Å². The second kappa shape index (κ2) is 6.15. The molecule has 2 heteroatoms. The molecule has 1 nitrogen and oxygen atoms in total. The van der Waals surface area contributed by atoms with Gasteiger partial charge in [-0.2, -0.15) is 0 Å². The molecule has 0 aliphatic carbocycles. The number of thiophene rings is 1. The second-order valence-electron chi connectivity index (χ2n) is 5.26. The van der Waals surface area contributed by atoms with Gasteiger partial charge in [0.05, 0.1) is 6.04 Å². The number of nitrogens with one attached hydrogen (secondary N) is 1. The Morgan fingerprint density at radius 1 is 0.810 bits per heavy atom. The van der Waals surface area contributed by atoms with Crippen molar-refractivity contribution in [1.29, 1.82) is 0 Å². The predicted molar refractivity (Wildman–Crippen MR) is 93.0 cm³/mol. The fourth-order valence-corrected chi connectivity index (χ4v) is 3.28. The van der Waals surface area contributed by atoms with Crippen molar-refractivity contribution in [2.24, 2.45) is 0 Å². The number of benzene rings is 2. The highest BCUT2D eigenvalue weighted by Crippen LogP contribution is 2.27. The Bertz CT molecular complexity index is 698. The molecule has 0 spiro atoms. The first kappa shape index (κ1) is 13.9. The van der Waals surface area contributed by atoms with E-state index in [1.165, 1.54) is 20.9 Å². The van der Waals surface area contributed by atoms with Crippen LogP contribution in [0.2, 0.25) is 0 Å². The first-order chi connectivity index (χ1) is 10.2. The topological polar surface area (TPSA) is 12.0 Å². The van der Waals surface area contributed by atoms with Crippen molar-refractivity contribution < 1.29 is 0 Å². The van der Waals surface area contributed by atoms with E-state index in [0.717, 1.165) is 5.69 Å². The lowest BCUT2D eigenvalue weighted by atomic mass is 10.1. The maximum atomic E-state index is 3.56. The van der Waals surface area contributed by atoms with Crippen LogP contribution in [-0.2, 0) is 0 Å². The average molecular weight is 293 g/mol. The van der Waals surface area contributed by atoms with Crippen LogP contribution < -0.4 is 5.32 Å². The third-order valence-corrected chi connectivity index (χ3v) is 4.75. The van der Waals surface area contributed by atoms with Gasteiger partial charge >= 0.3 is 0 Å². The first-order valence-corrected chi connectivity index (χ1v) is 8.02. The van der Waals surface area contributed by atoms with Crippen LogP contribution in [0.5, 0.6) is 0 Å². The van der Waals surface area contributed by atoms with Gasteiger partial charge in [0, 0.05) is 15.4 Å². The predicted octanol–water partition coefficient (Wildman–Crippen LogP) is 5.90. The van der Waals surface area contributed by atoms with Crippen molar-refractivity contribution in [2.45, 2.75) is 19.9 Å². The summed E-state index contributed by atoms with van der Waals surface area (Å²) >= 11 is 1.85. The normalized spacial score (nSPS) is 12.1. The van der Waals surface area contributed by atoms with E-state index in [1.807, 2.05) is 17.4 Å². The number of hydrogen-bond donors (Lipinski definition) is 1. The highest BCUT2D eigenvalue weighted by Gasteiger charge is 2.07. The Hall–Kier alpha value is -2.06. The van der Waals surface area contributed by atoms with Crippen molar-refractivity contribution >= 4 is 17.0 Å². The van der Waals surface area contributed by atoms with Crippen molar-refractivity contribution in [3.05, 3.63) is 76.5 Å². The Labute approximate surface area is 130 Å². The minimum absolute atomic E-state index is 0.339. The van der Waals surface area contributed by atoms with Crippen LogP contribution in [0.1, 0.15) is 22.7 Å². The quantitative estimate of drug-likeness (QED) is 0.631. The van der Waals surface area contributed by atoms with Crippen LogP contribution in [0, 0.1) is 6.92 Å². The van der Waals surface area contributed by atoms with E-state index < -0.39 is 0 Å². The molecule has 0 aliphatic rings. The maximum absolute atomic E-state index is 3.56. The second-order valence-corrected chi connectivity index (χ2v) is 6.58. The van der Waals surface area contributed by atoms with Gasteiger partial charge in [0.25, 0.3) is 0 Å². The molecule has 1 heterocycles. The van der Waals surface area contributed by atoms with E-state index in [2.05, 4.69) is 79.8 Å². The number of aryl methyl sites for hydroxylation is 1. The van der Waals surface area contributed by atoms with Gasteiger partial charge in [0.2, 0.25) is 0 Å². The third kappa shape index (κ3) is 3.34. The maximum Gasteiger partial charge on any atom is 0.0578 e. The van der Waals surface area contributed by atoms with Crippen molar-refractivity contribution in [1.82, 2.24) is 0 Å². The van der Waals surface area contributed by atoms with E-state index in [4.69, 9.17) is 0 Å². The van der Waals surface area contributed by atoms with Gasteiger partial charge in [-0.25, -0.2) is 0 Å². The molecule has 0 saturated carbocycles. The lowest BCUT2D eigenvalue weighted by molar-refractivity contribution is 0.908. The van der Waals surface area contributed by atoms with E-state index in [1.54, 1.807) is 0 Å². The zero-order valence-electron chi connectivity index (χ0n) is 12.3. The molecule has 1 aromatic heterocycles. The molecular weight excluding hydrogens is 274 g/mol. The van der Waals surface area contributed by atoms with Crippen molar-refractivity contribution in [3.8, 4) is 11.1 Å². The SMILES string of the molecule is Cc1ccc(C(C)Nc2ccc(-c3ccccc3)cc2)s1. The molecule has 1 N–H and O–H groups in total. The third-order valence-electron chi connectivity index (χ3n) is 3.56. The summed E-state index contributed by atoms with van der Waals surface area (Å²) in [4.78, 5) is 2.73. The van der Waals surface area contributed by atoms with Gasteiger partial charge in [-0.3, -0.25) is 0 Å². The number of anilines is 1. The summed E-state index contributed by atoms with van der Waals surface area (Å²) in [6.45, 7) is 4.35. The largest absolute Gasteiger partial charge is 0.378 e. The highest BCUT2D eigenvalue weighted by atomic mass is 32.1. The Morgan fingerprint density at radius 2 is 1.48 bits per heavy atom. The van der Waals surface area contributed by atoms with Crippen LogP contribution in [0.25, 0.3) is 11.1 Å². The fourth-order valence-electron chi connectivity index (χ4n) is 2.40. The summed E-state index contributed by atoms with van der Waals surface area (Å²) in [6, 6.07) is 23.8. The van der Waals surface area contributed by atoms with E-state index in [9.17, 15) is 0 Å². The molecule has 0 radical (unpaired) electrons. The molecule has 0 fully saturated rings.